The smallest absolute Gasteiger partial charge is 0.216 e. The van der Waals surface area contributed by atoms with Gasteiger partial charge in [-0.3, -0.25) is 0 Å². The molecule has 0 fully saturated rings. The van der Waals surface area contributed by atoms with Gasteiger partial charge in [-0.2, -0.15) is 5.26 Å². The maximum absolute atomic E-state index is 9.73. The number of hydrogen-bond acceptors (Lipinski definition) is 2. The summed E-state index contributed by atoms with van der Waals surface area (Å²) in [6, 6.07) is 11.4. The Bertz CT molecular complexity index is 1720. The SMILES string of the molecule is [2H]c1c([2H])c([2H])c(-c2cc(C#N)cc3c2oc2c(-c4ccc(C)c[n+]4C)c(C)ccc23)c([2H])c1[2H]. The van der Waals surface area contributed by atoms with Gasteiger partial charge in [-0.15, -0.1) is 0 Å². The molecular weight excluding hydrogens is 368 g/mol. The van der Waals surface area contributed by atoms with E-state index in [1.165, 1.54) is 6.07 Å². The second kappa shape index (κ2) is 6.86. The monoisotopic (exact) mass is 394 g/mol. The molecule has 0 atom stereocenters. The van der Waals surface area contributed by atoms with E-state index in [0.717, 1.165) is 27.8 Å². The minimum atomic E-state index is -0.467. The zero-order chi connectivity index (χ0) is 25.2. The summed E-state index contributed by atoms with van der Waals surface area (Å²) in [5.41, 5.74) is 5.57. The third-order valence-corrected chi connectivity index (χ3v) is 5.39. The van der Waals surface area contributed by atoms with Crippen molar-refractivity contribution in [2.24, 2.45) is 7.05 Å². The number of nitrogens with zero attached hydrogens (tertiary/aromatic N) is 2. The molecule has 2 heterocycles. The van der Waals surface area contributed by atoms with Gasteiger partial charge in [0.15, 0.2) is 6.20 Å². The highest BCUT2D eigenvalue weighted by Gasteiger charge is 2.22. The molecule has 3 aromatic carbocycles. The van der Waals surface area contributed by atoms with Crippen LogP contribution in [0.15, 0.2) is 77.2 Å². The van der Waals surface area contributed by atoms with Gasteiger partial charge in [-0.05, 0) is 43.2 Å². The summed E-state index contributed by atoms with van der Waals surface area (Å²) < 4.78 is 49.6. The summed E-state index contributed by atoms with van der Waals surface area (Å²) in [5, 5.41) is 11.2. The van der Waals surface area contributed by atoms with Crippen LogP contribution in [-0.4, -0.2) is 0 Å². The van der Waals surface area contributed by atoms with Crippen LogP contribution in [0, 0.1) is 25.2 Å². The Morgan fingerprint density at radius 1 is 0.967 bits per heavy atom. The van der Waals surface area contributed by atoms with Crippen molar-refractivity contribution in [1.29, 1.82) is 5.26 Å². The first kappa shape index (κ1) is 13.3. The van der Waals surface area contributed by atoms with Crippen LogP contribution in [0.2, 0.25) is 0 Å². The van der Waals surface area contributed by atoms with Gasteiger partial charge < -0.3 is 4.42 Å². The van der Waals surface area contributed by atoms with Gasteiger partial charge >= 0.3 is 0 Å². The van der Waals surface area contributed by atoms with E-state index in [4.69, 9.17) is 11.3 Å². The van der Waals surface area contributed by atoms with Gasteiger partial charge in [0.05, 0.1) is 24.0 Å². The molecule has 144 valence electrons. The fourth-order valence-electron chi connectivity index (χ4n) is 4.00. The first-order chi connectivity index (χ1) is 16.6. The number of hydrogen-bond donors (Lipinski definition) is 0. The molecule has 0 N–H and O–H groups in total. The highest BCUT2D eigenvalue weighted by Crippen LogP contribution is 2.41. The number of furan rings is 1. The summed E-state index contributed by atoms with van der Waals surface area (Å²) in [4.78, 5) is 0. The largest absolute Gasteiger partial charge is 0.454 e. The lowest BCUT2D eigenvalue weighted by Crippen LogP contribution is -2.31. The standard InChI is InChI=1S/C27H21N2O/c1-17-9-12-24(29(3)16-17)25-18(2)10-11-21-23-14-19(15-28)13-22(26(23)30-27(21)25)20-7-5-4-6-8-20/h4-14,16H,1-3H3/q+1/i4D,5D,6D,7D,8D. The lowest BCUT2D eigenvalue weighted by atomic mass is 9.97. The summed E-state index contributed by atoms with van der Waals surface area (Å²) in [6.07, 6.45) is 2.03. The lowest BCUT2D eigenvalue weighted by Gasteiger charge is -2.05. The number of pyridine rings is 1. The first-order valence-corrected chi connectivity index (χ1v) is 9.58. The quantitative estimate of drug-likeness (QED) is 0.333. The lowest BCUT2D eigenvalue weighted by molar-refractivity contribution is -0.660. The predicted octanol–water partition coefficient (Wildman–Crippen LogP) is 6.23. The maximum atomic E-state index is 9.73. The molecule has 5 rings (SSSR count). The van der Waals surface area contributed by atoms with E-state index in [1.807, 2.05) is 55.9 Å². The second-order valence-corrected chi connectivity index (χ2v) is 7.45. The van der Waals surface area contributed by atoms with Crippen molar-refractivity contribution in [3.63, 3.8) is 0 Å². The molecule has 0 radical (unpaired) electrons. The predicted molar refractivity (Wildman–Crippen MR) is 120 cm³/mol. The maximum Gasteiger partial charge on any atom is 0.216 e. The van der Waals surface area contributed by atoms with Crippen LogP contribution in [0.3, 0.4) is 0 Å². The van der Waals surface area contributed by atoms with Crippen molar-refractivity contribution < 1.29 is 15.8 Å². The zero-order valence-corrected chi connectivity index (χ0v) is 16.8. The Labute approximate surface area is 182 Å². The number of fused-ring (bicyclic) bond motifs is 3. The summed E-state index contributed by atoms with van der Waals surface area (Å²) in [5.74, 6) is 0. The van der Waals surface area contributed by atoms with Gasteiger partial charge in [-0.25, -0.2) is 4.57 Å². The van der Waals surface area contributed by atoms with Crippen LogP contribution >= 0.6 is 0 Å². The van der Waals surface area contributed by atoms with Crippen LogP contribution in [0.25, 0.3) is 44.3 Å². The summed E-state index contributed by atoms with van der Waals surface area (Å²) >= 11 is 0. The van der Waals surface area contributed by atoms with Crippen molar-refractivity contribution in [2.45, 2.75) is 13.8 Å². The molecular formula is C27H21N2O+. The second-order valence-electron chi connectivity index (χ2n) is 7.45. The fraction of sp³-hybridized carbons (Fsp3) is 0.111. The van der Waals surface area contributed by atoms with E-state index < -0.39 is 18.1 Å². The van der Waals surface area contributed by atoms with E-state index in [0.29, 0.717) is 27.7 Å². The molecule has 2 aromatic heterocycles. The van der Waals surface area contributed by atoms with Crippen molar-refractivity contribution in [3.05, 3.63) is 89.5 Å². The number of aryl methyl sites for hydroxylation is 3. The minimum Gasteiger partial charge on any atom is -0.454 e. The van der Waals surface area contributed by atoms with Crippen molar-refractivity contribution in [2.75, 3.05) is 0 Å². The van der Waals surface area contributed by atoms with Crippen molar-refractivity contribution >= 4 is 21.9 Å². The van der Waals surface area contributed by atoms with Crippen LogP contribution in [0.5, 0.6) is 0 Å². The van der Waals surface area contributed by atoms with E-state index in [2.05, 4.69) is 6.07 Å². The number of rotatable bonds is 2. The van der Waals surface area contributed by atoms with E-state index in [-0.39, 0.29) is 17.6 Å². The summed E-state index contributed by atoms with van der Waals surface area (Å²) in [6.45, 7) is 4.02. The molecule has 0 amide bonds. The molecule has 0 aliphatic carbocycles. The van der Waals surface area contributed by atoms with Gasteiger partial charge in [-0.1, -0.05) is 42.3 Å². The third kappa shape index (κ3) is 2.77. The Morgan fingerprint density at radius 2 is 1.77 bits per heavy atom. The molecule has 0 bridgehead atoms. The number of nitriles is 1. The van der Waals surface area contributed by atoms with Gasteiger partial charge in [0.2, 0.25) is 5.69 Å². The van der Waals surface area contributed by atoms with Crippen LogP contribution < -0.4 is 4.57 Å². The summed E-state index contributed by atoms with van der Waals surface area (Å²) in [7, 11) is 1.97. The average molecular weight is 395 g/mol. The van der Waals surface area contributed by atoms with E-state index in [1.54, 1.807) is 6.07 Å². The Kier molecular flexibility index (Phi) is 3.05. The van der Waals surface area contributed by atoms with E-state index in [9.17, 15) is 5.26 Å². The number of aromatic nitrogens is 1. The molecule has 0 unspecified atom stereocenters. The molecule has 0 spiro atoms. The van der Waals surface area contributed by atoms with Crippen LogP contribution in [0.1, 0.15) is 23.5 Å². The Balaban J connectivity index is 1.95. The molecule has 0 aliphatic rings. The van der Waals surface area contributed by atoms with Gasteiger partial charge in [0, 0.05) is 28.0 Å². The van der Waals surface area contributed by atoms with Gasteiger partial charge in [0.1, 0.15) is 18.2 Å². The Morgan fingerprint density at radius 3 is 2.50 bits per heavy atom. The topological polar surface area (TPSA) is 40.8 Å². The molecule has 0 aliphatic heterocycles. The number of benzene rings is 3. The normalized spacial score (nSPS) is 13.5. The van der Waals surface area contributed by atoms with Crippen molar-refractivity contribution in [1.82, 2.24) is 0 Å². The molecule has 30 heavy (non-hydrogen) atoms. The first-order valence-electron chi connectivity index (χ1n) is 12.1. The van der Waals surface area contributed by atoms with Gasteiger partial charge in [0.25, 0.3) is 0 Å². The zero-order valence-electron chi connectivity index (χ0n) is 21.8. The van der Waals surface area contributed by atoms with E-state index >= 15 is 0 Å². The molecule has 5 aromatic rings. The van der Waals surface area contributed by atoms with Crippen LogP contribution in [-0.2, 0) is 7.05 Å². The third-order valence-electron chi connectivity index (χ3n) is 5.39. The highest BCUT2D eigenvalue weighted by atomic mass is 16.3. The van der Waals surface area contributed by atoms with Crippen molar-refractivity contribution in [3.8, 4) is 28.5 Å². The Hall–Kier alpha value is -3.90. The van der Waals surface area contributed by atoms with Crippen LogP contribution in [0.4, 0.5) is 0 Å². The highest BCUT2D eigenvalue weighted by molar-refractivity contribution is 6.13. The minimum absolute atomic E-state index is 0.0105. The average Bonchev–Trinajstić information content (AvgIpc) is 3.20. The molecule has 0 saturated carbocycles. The molecule has 3 heteroatoms. The molecule has 3 nitrogen and oxygen atoms in total. The molecule has 0 saturated heterocycles. The fourth-order valence-corrected chi connectivity index (χ4v) is 4.00.